The minimum atomic E-state index is -0.882. The number of ether oxygens (including phenoxy) is 2. The Kier molecular flexibility index (Phi) is 5.30. The fourth-order valence-electron chi connectivity index (χ4n) is 4.80. The summed E-state index contributed by atoms with van der Waals surface area (Å²) in [5, 5.41) is 5.04. The van der Waals surface area contributed by atoms with E-state index >= 15 is 4.39 Å². The van der Waals surface area contributed by atoms with Gasteiger partial charge in [0.25, 0.3) is 5.91 Å². The van der Waals surface area contributed by atoms with Crippen molar-refractivity contribution in [2.75, 3.05) is 19.0 Å². The number of methoxy groups -OCH3 is 1. The Balaban J connectivity index is 1.51. The molecule has 3 N–H and O–H groups in total. The molecule has 4 aromatic carbocycles. The molecule has 2 heterocycles. The Bertz CT molecular complexity index is 1790. The molecule has 0 saturated carbocycles. The van der Waals surface area contributed by atoms with Gasteiger partial charge in [-0.15, -0.1) is 0 Å². The molecule has 0 unspecified atom stereocenters. The molecule has 184 valence electrons. The van der Waals surface area contributed by atoms with Crippen molar-refractivity contribution in [1.29, 1.82) is 0 Å². The molecule has 0 atom stereocenters. The van der Waals surface area contributed by atoms with Crippen LogP contribution in [0, 0.1) is 5.82 Å². The normalized spacial score (nSPS) is 11.7. The predicted octanol–water partition coefficient (Wildman–Crippen LogP) is 5.15. The highest BCUT2D eigenvalue weighted by atomic mass is 19.1. The second-order valence-corrected chi connectivity index (χ2v) is 8.86. The summed E-state index contributed by atoms with van der Waals surface area (Å²) in [6.07, 6.45) is 2.01. The number of nitrogens with zero attached hydrogens (tertiary/aromatic N) is 1. The van der Waals surface area contributed by atoms with Gasteiger partial charge in [0.2, 0.25) is 5.43 Å². The molecular weight excluding hydrogens is 473 g/mol. The van der Waals surface area contributed by atoms with Gasteiger partial charge in [-0.1, -0.05) is 36.4 Å². The number of amides is 1. The van der Waals surface area contributed by atoms with Crippen LogP contribution in [0.15, 0.2) is 77.7 Å². The summed E-state index contributed by atoms with van der Waals surface area (Å²) in [5.41, 5.74) is 6.77. The molecule has 0 saturated heterocycles. The van der Waals surface area contributed by atoms with Gasteiger partial charge in [-0.25, -0.2) is 4.39 Å². The fourth-order valence-corrected chi connectivity index (χ4v) is 4.80. The Morgan fingerprint density at radius 1 is 1.08 bits per heavy atom. The average molecular weight is 496 g/mol. The van der Waals surface area contributed by atoms with E-state index in [1.165, 1.54) is 6.20 Å². The van der Waals surface area contributed by atoms with Crippen molar-refractivity contribution in [3.8, 4) is 22.9 Å². The number of carbonyl (C=O) groups is 1. The number of nitrogens with one attached hydrogen (secondary N) is 1. The van der Waals surface area contributed by atoms with Crippen LogP contribution in [-0.2, 0) is 6.42 Å². The lowest BCUT2D eigenvalue weighted by Gasteiger charge is -2.26. The van der Waals surface area contributed by atoms with Crippen molar-refractivity contribution in [2.45, 2.75) is 6.42 Å². The Labute approximate surface area is 210 Å². The second-order valence-electron chi connectivity index (χ2n) is 8.86. The standard InChI is InChI=1S/C29H22FN3O4/c1-36-19-8-4-5-16(11-19)9-10-32-25-22(30)14-20-26-28(25)37-24-13-18-7-3-2-6-17(18)12-23(24)33(26)15-21(27(20)34)29(31)35/h2-8,11-15,32H,9-10H2,1H3,(H2,31,35). The molecule has 0 fully saturated rings. The van der Waals surface area contributed by atoms with Crippen molar-refractivity contribution >= 4 is 33.3 Å². The van der Waals surface area contributed by atoms with Crippen molar-refractivity contribution < 1.29 is 18.7 Å². The highest BCUT2D eigenvalue weighted by molar-refractivity contribution is 6.01. The highest BCUT2D eigenvalue weighted by Gasteiger charge is 2.28. The maximum Gasteiger partial charge on any atom is 0.254 e. The minimum absolute atomic E-state index is 0.0148. The van der Waals surface area contributed by atoms with Crippen LogP contribution in [0.3, 0.4) is 0 Å². The number of anilines is 1. The Morgan fingerprint density at radius 3 is 2.62 bits per heavy atom. The topological polar surface area (TPSA) is 95.6 Å². The molecule has 8 heteroatoms. The number of primary amides is 1. The lowest BCUT2D eigenvalue weighted by Crippen LogP contribution is -2.25. The summed E-state index contributed by atoms with van der Waals surface area (Å²) in [7, 11) is 1.61. The molecule has 1 aromatic heterocycles. The summed E-state index contributed by atoms with van der Waals surface area (Å²) < 4.78 is 28.7. The van der Waals surface area contributed by atoms with Gasteiger partial charge in [-0.05, 0) is 53.1 Å². The zero-order valence-electron chi connectivity index (χ0n) is 19.9. The number of fused-ring (bicyclic) bond motifs is 3. The first-order valence-corrected chi connectivity index (χ1v) is 11.7. The van der Waals surface area contributed by atoms with Crippen LogP contribution in [0.4, 0.5) is 10.1 Å². The van der Waals surface area contributed by atoms with Crippen LogP contribution in [-0.4, -0.2) is 24.1 Å². The zero-order chi connectivity index (χ0) is 25.7. The van der Waals surface area contributed by atoms with E-state index in [1.807, 2.05) is 60.7 Å². The molecular formula is C29H22FN3O4. The van der Waals surface area contributed by atoms with Gasteiger partial charge in [-0.3, -0.25) is 9.59 Å². The number of carbonyl (C=O) groups excluding carboxylic acids is 1. The van der Waals surface area contributed by atoms with E-state index in [2.05, 4.69) is 5.32 Å². The van der Waals surface area contributed by atoms with Crippen LogP contribution in [0.5, 0.6) is 17.2 Å². The second kappa shape index (κ2) is 8.67. The van der Waals surface area contributed by atoms with E-state index < -0.39 is 17.2 Å². The van der Waals surface area contributed by atoms with E-state index in [-0.39, 0.29) is 22.4 Å². The third-order valence-electron chi connectivity index (χ3n) is 6.61. The van der Waals surface area contributed by atoms with Crippen molar-refractivity contribution in [2.24, 2.45) is 5.73 Å². The van der Waals surface area contributed by atoms with Crippen molar-refractivity contribution in [3.05, 3.63) is 100 Å². The summed E-state index contributed by atoms with van der Waals surface area (Å²) >= 11 is 0. The summed E-state index contributed by atoms with van der Waals surface area (Å²) in [5.74, 6) is -0.162. The number of halogens is 1. The van der Waals surface area contributed by atoms with Crippen LogP contribution < -0.4 is 26.0 Å². The van der Waals surface area contributed by atoms with Crippen LogP contribution >= 0.6 is 0 Å². The van der Waals surface area contributed by atoms with Gasteiger partial charge in [0, 0.05) is 12.7 Å². The van der Waals surface area contributed by atoms with Gasteiger partial charge in [0.15, 0.2) is 17.3 Å². The van der Waals surface area contributed by atoms with Crippen molar-refractivity contribution in [1.82, 2.24) is 4.57 Å². The highest BCUT2D eigenvalue weighted by Crippen LogP contribution is 2.46. The van der Waals surface area contributed by atoms with E-state index in [9.17, 15) is 9.59 Å². The third-order valence-corrected chi connectivity index (χ3v) is 6.61. The monoisotopic (exact) mass is 495 g/mol. The molecule has 0 spiro atoms. The van der Waals surface area contributed by atoms with Gasteiger partial charge in [0.1, 0.15) is 22.5 Å². The number of pyridine rings is 1. The summed E-state index contributed by atoms with van der Waals surface area (Å²) in [4.78, 5) is 25.2. The molecule has 0 radical (unpaired) electrons. The molecule has 1 aliphatic heterocycles. The van der Waals surface area contributed by atoms with Gasteiger partial charge >= 0.3 is 0 Å². The number of hydrogen-bond donors (Lipinski definition) is 2. The van der Waals surface area contributed by atoms with E-state index in [1.54, 1.807) is 11.7 Å². The summed E-state index contributed by atoms with van der Waals surface area (Å²) in [6, 6.07) is 20.3. The SMILES string of the molecule is COc1cccc(CCNc2c(F)cc3c(=O)c(C(N)=O)cn4c3c2Oc2cc3ccccc3cc2-4)c1. The maximum absolute atomic E-state index is 15.5. The van der Waals surface area contributed by atoms with E-state index in [4.69, 9.17) is 15.2 Å². The largest absolute Gasteiger partial charge is 0.497 e. The number of rotatable bonds is 6. The third kappa shape index (κ3) is 3.74. The van der Waals surface area contributed by atoms with Gasteiger partial charge in [0.05, 0.1) is 18.2 Å². The fraction of sp³-hybridized carbons (Fsp3) is 0.103. The number of nitrogens with two attached hydrogens (primary N) is 1. The number of benzene rings is 4. The van der Waals surface area contributed by atoms with E-state index in [0.717, 1.165) is 28.2 Å². The first-order valence-electron chi connectivity index (χ1n) is 11.7. The van der Waals surface area contributed by atoms with Gasteiger partial charge < -0.3 is 25.1 Å². The predicted molar refractivity (Wildman–Crippen MR) is 141 cm³/mol. The van der Waals surface area contributed by atoms with E-state index in [0.29, 0.717) is 29.9 Å². The van der Waals surface area contributed by atoms with Crippen molar-refractivity contribution in [3.63, 3.8) is 0 Å². The van der Waals surface area contributed by atoms with Gasteiger partial charge in [-0.2, -0.15) is 0 Å². The first-order chi connectivity index (χ1) is 17.9. The molecule has 0 bridgehead atoms. The first kappa shape index (κ1) is 22.6. The molecule has 7 nitrogen and oxygen atoms in total. The number of aromatic nitrogens is 1. The lowest BCUT2D eigenvalue weighted by atomic mass is 10.0. The van der Waals surface area contributed by atoms with Crippen LogP contribution in [0.1, 0.15) is 15.9 Å². The minimum Gasteiger partial charge on any atom is -0.497 e. The molecule has 5 aromatic rings. The molecule has 1 aliphatic rings. The lowest BCUT2D eigenvalue weighted by molar-refractivity contribution is 0.0999. The maximum atomic E-state index is 15.5. The summed E-state index contributed by atoms with van der Waals surface area (Å²) in [6.45, 7) is 0.403. The molecule has 1 amide bonds. The Morgan fingerprint density at radius 2 is 1.86 bits per heavy atom. The van der Waals surface area contributed by atoms with Crippen LogP contribution in [0.2, 0.25) is 0 Å². The van der Waals surface area contributed by atoms with Crippen LogP contribution in [0.25, 0.3) is 27.4 Å². The zero-order valence-corrected chi connectivity index (χ0v) is 19.9. The smallest absolute Gasteiger partial charge is 0.254 e. The molecule has 0 aliphatic carbocycles. The number of hydrogen-bond acceptors (Lipinski definition) is 5. The quantitative estimate of drug-likeness (QED) is 0.333. The Hall–Kier alpha value is -4.85. The average Bonchev–Trinajstić information content (AvgIpc) is 2.90. The molecule has 37 heavy (non-hydrogen) atoms. The molecule has 6 rings (SSSR count).